The Labute approximate surface area is 167 Å². The summed E-state index contributed by atoms with van der Waals surface area (Å²) in [7, 11) is 2.19. The summed E-state index contributed by atoms with van der Waals surface area (Å²) in [6.45, 7) is 6.01. The molecule has 27 heavy (non-hydrogen) atoms. The van der Waals surface area contributed by atoms with Gasteiger partial charge in [0.15, 0.2) is 0 Å². The number of likely N-dealkylation sites (N-methyl/N-ethyl adjacent to an activating group) is 1. The minimum atomic E-state index is 0.218. The van der Waals surface area contributed by atoms with Crippen LogP contribution in [-0.4, -0.2) is 66.9 Å². The van der Waals surface area contributed by atoms with Crippen LogP contribution in [0, 0.1) is 5.92 Å². The molecule has 1 aliphatic carbocycles. The molecule has 1 aromatic rings. The monoisotopic (exact) mass is 385 g/mol. The summed E-state index contributed by atoms with van der Waals surface area (Å²) in [5, 5.41) is 0.711. The third kappa shape index (κ3) is 4.22. The predicted molar refractivity (Wildman–Crippen MR) is 110 cm³/mol. The molecule has 1 amide bonds. The maximum Gasteiger partial charge on any atom is 0.227 e. The number of piperidine rings is 1. The molecule has 0 spiro atoms. The van der Waals surface area contributed by atoms with E-state index in [1.807, 2.05) is 24.3 Å². The van der Waals surface area contributed by atoms with Gasteiger partial charge in [-0.3, -0.25) is 4.79 Å². The zero-order chi connectivity index (χ0) is 18.8. The Kier molecular flexibility index (Phi) is 5.55. The van der Waals surface area contributed by atoms with Crippen LogP contribution in [0.25, 0.3) is 0 Å². The number of hydrogen-bond donors (Lipinski definition) is 0. The van der Waals surface area contributed by atoms with Crippen molar-refractivity contribution in [1.82, 2.24) is 14.7 Å². The molecule has 2 saturated heterocycles. The first-order chi connectivity index (χ1) is 13.1. The molecule has 0 saturated carbocycles. The Hall–Kier alpha value is -1.78. The second-order valence-electron chi connectivity index (χ2n) is 7.94. The van der Waals surface area contributed by atoms with E-state index in [9.17, 15) is 4.79 Å². The van der Waals surface area contributed by atoms with E-state index in [2.05, 4.69) is 33.9 Å². The number of amides is 1. The number of hydrogen-bond acceptors (Lipinski definition) is 3. The number of carbonyl (C=O) groups excluding carboxylic acids is 1. The van der Waals surface area contributed by atoms with Crippen LogP contribution in [0.4, 0.5) is 0 Å². The molecule has 1 unspecified atom stereocenters. The molecule has 1 aromatic carbocycles. The molecule has 3 aliphatic rings. The lowest BCUT2D eigenvalue weighted by Gasteiger charge is -2.42. The largest absolute Gasteiger partial charge is 0.369 e. The first-order valence-corrected chi connectivity index (χ1v) is 10.3. The fourth-order valence-corrected chi connectivity index (χ4v) is 4.48. The van der Waals surface area contributed by atoms with E-state index in [1.54, 1.807) is 0 Å². The van der Waals surface area contributed by atoms with Crippen molar-refractivity contribution in [2.75, 3.05) is 46.3 Å². The molecule has 2 aliphatic heterocycles. The van der Waals surface area contributed by atoms with E-state index in [1.165, 1.54) is 11.3 Å². The van der Waals surface area contributed by atoms with Gasteiger partial charge < -0.3 is 14.7 Å². The van der Waals surface area contributed by atoms with Gasteiger partial charge in [0.05, 0.1) is 6.42 Å². The summed E-state index contributed by atoms with van der Waals surface area (Å²) in [6.07, 6.45) is 7.27. The van der Waals surface area contributed by atoms with E-state index < -0.39 is 0 Å². The van der Waals surface area contributed by atoms with Crippen molar-refractivity contribution in [3.8, 4) is 0 Å². The van der Waals surface area contributed by atoms with Gasteiger partial charge in [-0.1, -0.05) is 29.8 Å². The number of halogens is 1. The van der Waals surface area contributed by atoms with Gasteiger partial charge in [0.2, 0.25) is 5.91 Å². The van der Waals surface area contributed by atoms with Gasteiger partial charge in [-0.05, 0) is 55.2 Å². The van der Waals surface area contributed by atoms with E-state index in [0.29, 0.717) is 17.4 Å². The van der Waals surface area contributed by atoms with Crippen molar-refractivity contribution in [3.63, 3.8) is 0 Å². The molecular weight excluding hydrogens is 358 g/mol. The zero-order valence-corrected chi connectivity index (χ0v) is 16.8. The Morgan fingerprint density at radius 3 is 2.59 bits per heavy atom. The molecular formula is C22H28ClN3O. The fraction of sp³-hybridized carbons (Fsp3) is 0.500. The van der Waals surface area contributed by atoms with Gasteiger partial charge in [-0.15, -0.1) is 0 Å². The number of fused-ring (bicyclic) bond motifs is 1. The molecule has 5 heteroatoms. The van der Waals surface area contributed by atoms with E-state index in [0.717, 1.165) is 57.7 Å². The highest BCUT2D eigenvalue weighted by atomic mass is 35.5. The van der Waals surface area contributed by atoms with Gasteiger partial charge in [0.1, 0.15) is 0 Å². The third-order valence-electron chi connectivity index (χ3n) is 6.09. The van der Waals surface area contributed by atoms with Crippen LogP contribution in [0.15, 0.2) is 47.7 Å². The average Bonchev–Trinajstić information content (AvgIpc) is 2.69. The lowest BCUT2D eigenvalue weighted by atomic mass is 9.83. The lowest BCUT2D eigenvalue weighted by molar-refractivity contribution is -0.130. The van der Waals surface area contributed by atoms with Crippen LogP contribution in [0.1, 0.15) is 18.4 Å². The van der Waals surface area contributed by atoms with Gasteiger partial charge in [0.25, 0.3) is 0 Å². The average molecular weight is 386 g/mol. The third-order valence-corrected chi connectivity index (χ3v) is 6.34. The molecule has 0 aromatic heterocycles. The van der Waals surface area contributed by atoms with Gasteiger partial charge >= 0.3 is 0 Å². The molecule has 1 atom stereocenters. The summed E-state index contributed by atoms with van der Waals surface area (Å²) >= 11 is 5.96. The maximum atomic E-state index is 12.9. The highest BCUT2D eigenvalue weighted by molar-refractivity contribution is 6.30. The Morgan fingerprint density at radius 1 is 1.11 bits per heavy atom. The van der Waals surface area contributed by atoms with Crippen molar-refractivity contribution in [1.29, 1.82) is 0 Å². The van der Waals surface area contributed by atoms with Crippen molar-refractivity contribution < 1.29 is 4.79 Å². The molecule has 0 bridgehead atoms. The Bertz CT molecular complexity index is 747. The second kappa shape index (κ2) is 8.07. The minimum absolute atomic E-state index is 0.218. The molecule has 144 valence electrons. The van der Waals surface area contributed by atoms with Gasteiger partial charge in [0, 0.05) is 50.0 Å². The molecule has 2 heterocycles. The Balaban J connectivity index is 1.48. The molecule has 2 fully saturated rings. The predicted octanol–water partition coefficient (Wildman–Crippen LogP) is 3.19. The summed E-state index contributed by atoms with van der Waals surface area (Å²) in [5.74, 6) is 0.819. The van der Waals surface area contributed by atoms with Crippen molar-refractivity contribution >= 4 is 17.5 Å². The first-order valence-electron chi connectivity index (χ1n) is 9.95. The van der Waals surface area contributed by atoms with Crippen LogP contribution >= 0.6 is 11.6 Å². The van der Waals surface area contributed by atoms with Crippen LogP contribution in [0.3, 0.4) is 0 Å². The van der Waals surface area contributed by atoms with Crippen molar-refractivity contribution in [3.05, 3.63) is 58.3 Å². The summed E-state index contributed by atoms with van der Waals surface area (Å²) in [5.41, 5.74) is 3.88. The number of allylic oxidation sites excluding steroid dienone is 2. The second-order valence-corrected chi connectivity index (χ2v) is 8.38. The van der Waals surface area contributed by atoms with Crippen LogP contribution in [-0.2, 0) is 11.2 Å². The topological polar surface area (TPSA) is 26.8 Å². The smallest absolute Gasteiger partial charge is 0.227 e. The highest BCUT2D eigenvalue weighted by Crippen LogP contribution is 2.34. The molecule has 4 rings (SSSR count). The number of nitrogens with zero attached hydrogens (tertiary/aromatic N) is 3. The fourth-order valence-electron chi connectivity index (χ4n) is 4.36. The normalized spacial score (nSPS) is 23.6. The number of piperazine rings is 1. The van der Waals surface area contributed by atoms with Crippen LogP contribution in [0.2, 0.25) is 5.02 Å². The number of carbonyl (C=O) groups is 1. The molecule has 0 N–H and O–H groups in total. The number of rotatable bonds is 3. The Morgan fingerprint density at radius 2 is 1.85 bits per heavy atom. The van der Waals surface area contributed by atoms with Crippen LogP contribution < -0.4 is 0 Å². The lowest BCUT2D eigenvalue weighted by Crippen LogP contribution is -2.46. The first kappa shape index (κ1) is 18.6. The van der Waals surface area contributed by atoms with Gasteiger partial charge in [-0.25, -0.2) is 0 Å². The summed E-state index contributed by atoms with van der Waals surface area (Å²) in [4.78, 5) is 19.8. The molecule has 0 radical (unpaired) electrons. The number of benzene rings is 1. The van der Waals surface area contributed by atoms with E-state index in [-0.39, 0.29) is 5.91 Å². The van der Waals surface area contributed by atoms with Crippen molar-refractivity contribution in [2.45, 2.75) is 19.3 Å². The van der Waals surface area contributed by atoms with Gasteiger partial charge in [-0.2, -0.15) is 0 Å². The maximum absolute atomic E-state index is 12.9. The van der Waals surface area contributed by atoms with E-state index in [4.69, 9.17) is 11.6 Å². The van der Waals surface area contributed by atoms with Crippen molar-refractivity contribution in [2.24, 2.45) is 5.92 Å². The SMILES string of the molecule is CN1CCN(C2=C3CN(C(=O)Cc4ccc(Cl)cc4)CCC3CC=C2)CC1. The number of likely N-dealkylation sites (tertiary alicyclic amines) is 1. The zero-order valence-electron chi connectivity index (χ0n) is 16.0. The quantitative estimate of drug-likeness (QED) is 0.799. The van der Waals surface area contributed by atoms with Crippen LogP contribution in [0.5, 0.6) is 0 Å². The minimum Gasteiger partial charge on any atom is -0.369 e. The summed E-state index contributed by atoms with van der Waals surface area (Å²) < 4.78 is 0. The summed E-state index contributed by atoms with van der Waals surface area (Å²) in [6, 6.07) is 7.61. The van der Waals surface area contributed by atoms with E-state index >= 15 is 0 Å². The highest BCUT2D eigenvalue weighted by Gasteiger charge is 2.31. The standard InChI is InChI=1S/C22H28ClN3O/c1-24-11-13-25(14-12-24)21-4-2-3-18-9-10-26(16-20(18)21)22(27)15-17-5-7-19(23)8-6-17/h2,4-8,18H,3,9-16H2,1H3. The molecule has 4 nitrogen and oxygen atoms in total.